The fraction of sp³-hybridized carbons (Fsp3) is 0.667. The molecule has 2 rings (SSSR count). The summed E-state index contributed by atoms with van der Waals surface area (Å²) in [7, 11) is 3.78. The van der Waals surface area contributed by atoms with Gasteiger partial charge in [0.1, 0.15) is 5.82 Å². The van der Waals surface area contributed by atoms with Crippen molar-refractivity contribution in [2.24, 2.45) is 7.05 Å². The number of aromatic nitrogens is 2. The van der Waals surface area contributed by atoms with E-state index < -0.39 is 0 Å². The van der Waals surface area contributed by atoms with Gasteiger partial charge >= 0.3 is 0 Å². The first kappa shape index (κ1) is 12.1. The van der Waals surface area contributed by atoms with Crippen LogP contribution >= 0.6 is 0 Å². The van der Waals surface area contributed by atoms with Gasteiger partial charge in [0.15, 0.2) is 0 Å². The van der Waals surface area contributed by atoms with Crippen molar-refractivity contribution in [2.75, 3.05) is 13.6 Å². The van der Waals surface area contributed by atoms with E-state index in [4.69, 9.17) is 0 Å². The zero-order chi connectivity index (χ0) is 12.3. The highest BCUT2D eigenvalue weighted by Gasteiger charge is 2.24. The summed E-state index contributed by atoms with van der Waals surface area (Å²) < 4.78 is 1.94. The Morgan fingerprint density at radius 2 is 2.47 bits per heavy atom. The Kier molecular flexibility index (Phi) is 3.78. The van der Waals surface area contributed by atoms with Gasteiger partial charge in [0, 0.05) is 26.5 Å². The normalized spacial score (nSPS) is 20.2. The number of hydrogen-bond acceptors (Lipinski definition) is 3. The van der Waals surface area contributed by atoms with E-state index in [1.54, 1.807) is 11.1 Å². The van der Waals surface area contributed by atoms with Crippen molar-refractivity contribution in [3.05, 3.63) is 18.2 Å². The largest absolute Gasteiger partial charge is 0.337 e. The lowest BCUT2D eigenvalue weighted by Gasteiger charge is -2.27. The highest BCUT2D eigenvalue weighted by molar-refractivity contribution is 5.81. The van der Waals surface area contributed by atoms with Crippen LogP contribution in [-0.4, -0.2) is 40.0 Å². The minimum atomic E-state index is -0.00554. The molecule has 5 heteroatoms. The Balaban J connectivity index is 1.93. The number of rotatable bonds is 3. The standard InChI is InChI=1S/C12H20N4O/c1-15-8-7-14-11(15)9-16(2)12(17)10-5-3-4-6-13-10/h7-8,10,13H,3-6,9H2,1-2H3. The van der Waals surface area contributed by atoms with Crippen LogP contribution in [0.15, 0.2) is 12.4 Å². The van der Waals surface area contributed by atoms with Gasteiger partial charge in [-0.05, 0) is 19.4 Å². The number of imidazole rings is 1. The van der Waals surface area contributed by atoms with Crippen molar-refractivity contribution in [1.29, 1.82) is 0 Å². The Labute approximate surface area is 102 Å². The van der Waals surface area contributed by atoms with Crippen LogP contribution in [0.2, 0.25) is 0 Å². The third-order valence-electron chi connectivity index (χ3n) is 3.28. The Morgan fingerprint density at radius 1 is 1.65 bits per heavy atom. The molecule has 0 spiro atoms. The van der Waals surface area contributed by atoms with Gasteiger partial charge in [-0.1, -0.05) is 6.42 Å². The molecule has 1 aliphatic rings. The minimum Gasteiger partial charge on any atom is -0.337 e. The number of aryl methyl sites for hydroxylation is 1. The number of hydrogen-bond donors (Lipinski definition) is 1. The Bertz CT molecular complexity index is 382. The minimum absolute atomic E-state index is 0.00554. The number of amides is 1. The first-order valence-electron chi connectivity index (χ1n) is 6.13. The van der Waals surface area contributed by atoms with E-state index in [2.05, 4.69) is 10.3 Å². The molecule has 1 aromatic heterocycles. The van der Waals surface area contributed by atoms with Gasteiger partial charge in [-0.3, -0.25) is 4.79 Å². The topological polar surface area (TPSA) is 50.2 Å². The van der Waals surface area contributed by atoms with Crippen molar-refractivity contribution < 1.29 is 4.79 Å². The van der Waals surface area contributed by atoms with Crippen molar-refractivity contribution >= 4 is 5.91 Å². The molecule has 0 bridgehead atoms. The highest BCUT2D eigenvalue weighted by Crippen LogP contribution is 2.10. The maximum atomic E-state index is 12.2. The van der Waals surface area contributed by atoms with Crippen molar-refractivity contribution in [2.45, 2.75) is 31.8 Å². The van der Waals surface area contributed by atoms with Crippen molar-refractivity contribution in [1.82, 2.24) is 19.8 Å². The van der Waals surface area contributed by atoms with E-state index in [-0.39, 0.29) is 11.9 Å². The molecular weight excluding hydrogens is 216 g/mol. The third-order valence-corrected chi connectivity index (χ3v) is 3.28. The number of nitrogens with one attached hydrogen (secondary N) is 1. The highest BCUT2D eigenvalue weighted by atomic mass is 16.2. The van der Waals surface area contributed by atoms with Crippen LogP contribution in [0.4, 0.5) is 0 Å². The lowest BCUT2D eigenvalue weighted by molar-refractivity contribution is -0.133. The predicted octanol–water partition coefficient (Wildman–Crippen LogP) is 0.521. The molecule has 1 unspecified atom stereocenters. The van der Waals surface area contributed by atoms with Crippen LogP contribution in [0.1, 0.15) is 25.1 Å². The molecule has 1 saturated heterocycles. The molecule has 1 N–H and O–H groups in total. The molecule has 17 heavy (non-hydrogen) atoms. The molecular formula is C12H20N4O. The lowest BCUT2D eigenvalue weighted by atomic mass is 10.0. The molecule has 0 aliphatic carbocycles. The predicted molar refractivity (Wildman–Crippen MR) is 65.3 cm³/mol. The fourth-order valence-electron chi connectivity index (χ4n) is 2.17. The smallest absolute Gasteiger partial charge is 0.239 e. The molecule has 1 aliphatic heterocycles. The van der Waals surface area contributed by atoms with E-state index in [1.807, 2.05) is 24.9 Å². The van der Waals surface area contributed by atoms with Gasteiger partial charge in [0.25, 0.3) is 0 Å². The second kappa shape index (κ2) is 5.31. The maximum absolute atomic E-state index is 12.2. The van der Waals surface area contributed by atoms with Gasteiger partial charge in [-0.15, -0.1) is 0 Å². The average molecular weight is 236 g/mol. The number of carbonyl (C=O) groups excluding carboxylic acids is 1. The second-order valence-corrected chi connectivity index (χ2v) is 4.65. The van der Waals surface area contributed by atoms with Gasteiger partial charge < -0.3 is 14.8 Å². The quantitative estimate of drug-likeness (QED) is 0.832. The molecule has 0 aromatic carbocycles. The second-order valence-electron chi connectivity index (χ2n) is 4.65. The molecule has 2 heterocycles. The van der Waals surface area contributed by atoms with Crippen LogP contribution in [-0.2, 0) is 18.4 Å². The van der Waals surface area contributed by atoms with Crippen molar-refractivity contribution in [3.8, 4) is 0 Å². The van der Waals surface area contributed by atoms with Crippen LogP contribution in [0.5, 0.6) is 0 Å². The zero-order valence-electron chi connectivity index (χ0n) is 10.5. The molecule has 1 atom stereocenters. The Hall–Kier alpha value is -1.36. The summed E-state index contributed by atoms with van der Waals surface area (Å²) in [6.45, 7) is 1.52. The summed E-state index contributed by atoms with van der Waals surface area (Å²) in [4.78, 5) is 18.1. The van der Waals surface area contributed by atoms with Gasteiger partial charge in [-0.2, -0.15) is 0 Å². The van der Waals surface area contributed by atoms with Crippen LogP contribution in [0.3, 0.4) is 0 Å². The molecule has 0 radical (unpaired) electrons. The van der Waals surface area contributed by atoms with Crippen LogP contribution in [0.25, 0.3) is 0 Å². The fourth-order valence-corrected chi connectivity index (χ4v) is 2.17. The molecule has 0 saturated carbocycles. The van der Waals surface area contributed by atoms with E-state index in [0.717, 1.165) is 25.2 Å². The van der Waals surface area contributed by atoms with E-state index in [9.17, 15) is 4.79 Å². The zero-order valence-corrected chi connectivity index (χ0v) is 10.5. The molecule has 1 aromatic rings. The number of nitrogens with zero attached hydrogens (tertiary/aromatic N) is 3. The van der Waals surface area contributed by atoms with Gasteiger partial charge in [0.2, 0.25) is 5.91 Å². The lowest BCUT2D eigenvalue weighted by Crippen LogP contribution is -2.47. The summed E-state index contributed by atoms with van der Waals surface area (Å²) in [6.07, 6.45) is 6.91. The number of carbonyl (C=O) groups is 1. The third kappa shape index (κ3) is 2.85. The molecule has 1 amide bonds. The summed E-state index contributed by atoms with van der Waals surface area (Å²) >= 11 is 0. The SMILES string of the molecule is CN(Cc1nccn1C)C(=O)C1CCCCN1. The molecule has 1 fully saturated rings. The molecule has 94 valence electrons. The summed E-state index contributed by atoms with van der Waals surface area (Å²) in [5.41, 5.74) is 0. The van der Waals surface area contributed by atoms with E-state index in [1.165, 1.54) is 6.42 Å². The number of likely N-dealkylation sites (N-methyl/N-ethyl adjacent to an activating group) is 1. The summed E-state index contributed by atoms with van der Waals surface area (Å²) in [5, 5.41) is 3.28. The van der Waals surface area contributed by atoms with Gasteiger partial charge in [-0.25, -0.2) is 4.98 Å². The average Bonchev–Trinajstić information content (AvgIpc) is 2.75. The van der Waals surface area contributed by atoms with Gasteiger partial charge in [0.05, 0.1) is 12.6 Å². The summed E-state index contributed by atoms with van der Waals surface area (Å²) in [5.74, 6) is 1.09. The first-order chi connectivity index (χ1) is 8.18. The van der Waals surface area contributed by atoms with E-state index in [0.29, 0.717) is 6.54 Å². The number of piperidine rings is 1. The van der Waals surface area contributed by atoms with Crippen LogP contribution in [0, 0.1) is 0 Å². The van der Waals surface area contributed by atoms with Crippen LogP contribution < -0.4 is 5.32 Å². The maximum Gasteiger partial charge on any atom is 0.239 e. The first-order valence-corrected chi connectivity index (χ1v) is 6.13. The Morgan fingerprint density at radius 3 is 3.06 bits per heavy atom. The van der Waals surface area contributed by atoms with E-state index >= 15 is 0 Å². The summed E-state index contributed by atoms with van der Waals surface area (Å²) in [6, 6.07) is -0.00554. The monoisotopic (exact) mass is 236 g/mol. The molecule has 5 nitrogen and oxygen atoms in total. The van der Waals surface area contributed by atoms with Crippen molar-refractivity contribution in [3.63, 3.8) is 0 Å².